The van der Waals surface area contributed by atoms with E-state index in [9.17, 15) is 4.79 Å². The van der Waals surface area contributed by atoms with E-state index in [1.165, 1.54) is 25.7 Å². The first-order valence-electron chi connectivity index (χ1n) is 8.41. The maximum absolute atomic E-state index is 10.3. The van der Waals surface area contributed by atoms with Crippen LogP contribution in [0.5, 0.6) is 0 Å². The van der Waals surface area contributed by atoms with Gasteiger partial charge in [-0.05, 0) is 38.5 Å². The second-order valence-corrected chi connectivity index (χ2v) is 5.75. The molecule has 0 aromatic carbocycles. The van der Waals surface area contributed by atoms with Crippen LogP contribution in [0.15, 0.2) is 24.3 Å². The van der Waals surface area contributed by atoms with Crippen molar-refractivity contribution in [2.45, 2.75) is 83.3 Å². The summed E-state index contributed by atoms with van der Waals surface area (Å²) in [6, 6.07) is 0. The van der Waals surface area contributed by atoms with Crippen molar-refractivity contribution in [3.8, 4) is 0 Å². The molecule has 0 amide bonds. The Balaban J connectivity index is 1.87. The predicted octanol–water partition coefficient (Wildman–Crippen LogP) is 4.87. The van der Waals surface area contributed by atoms with Crippen LogP contribution in [0.2, 0.25) is 0 Å². The molecule has 1 N–H and O–H groups in total. The summed E-state index contributed by atoms with van der Waals surface area (Å²) in [6.07, 6.45) is 19.9. The van der Waals surface area contributed by atoms with Crippen molar-refractivity contribution in [2.24, 2.45) is 0 Å². The van der Waals surface area contributed by atoms with Gasteiger partial charge in [0, 0.05) is 6.42 Å². The summed E-state index contributed by atoms with van der Waals surface area (Å²) in [5, 5.41) is 8.49. The van der Waals surface area contributed by atoms with E-state index < -0.39 is 5.97 Å². The predicted molar refractivity (Wildman–Crippen MR) is 86.4 cm³/mol. The minimum atomic E-state index is -0.724. The van der Waals surface area contributed by atoms with E-state index in [-0.39, 0.29) is 6.42 Å². The molecule has 120 valence electrons. The van der Waals surface area contributed by atoms with Crippen LogP contribution in [0.4, 0.5) is 0 Å². The highest BCUT2D eigenvalue weighted by molar-refractivity contribution is 5.66. The van der Waals surface area contributed by atoms with Gasteiger partial charge in [-0.25, -0.2) is 0 Å². The fourth-order valence-corrected chi connectivity index (χ4v) is 2.38. The van der Waals surface area contributed by atoms with E-state index in [0.717, 1.165) is 25.7 Å². The Bertz CT molecular complexity index is 333. The number of allylic oxidation sites excluding steroid dienone is 3. The minimum absolute atomic E-state index is 0.233. The largest absolute Gasteiger partial charge is 0.481 e. The Kier molecular flexibility index (Phi) is 9.88. The van der Waals surface area contributed by atoms with Gasteiger partial charge < -0.3 is 9.84 Å². The van der Waals surface area contributed by atoms with Gasteiger partial charge in [-0.15, -0.1) is 0 Å². The summed E-state index contributed by atoms with van der Waals surface area (Å²) in [5.41, 5.74) is 0. The number of hydrogen-bond acceptors (Lipinski definition) is 2. The summed E-state index contributed by atoms with van der Waals surface area (Å²) in [6.45, 7) is 2.23. The van der Waals surface area contributed by atoms with Gasteiger partial charge >= 0.3 is 5.97 Å². The average Bonchev–Trinajstić information content (AvgIpc) is 3.19. The highest BCUT2D eigenvalue weighted by Gasteiger charge is 2.36. The fourth-order valence-electron chi connectivity index (χ4n) is 2.38. The summed E-state index contributed by atoms with van der Waals surface area (Å²) in [5.74, 6) is -0.724. The van der Waals surface area contributed by atoms with Crippen LogP contribution < -0.4 is 0 Å². The van der Waals surface area contributed by atoms with Gasteiger partial charge in [0.25, 0.3) is 0 Å². The molecule has 3 heteroatoms. The number of carbonyl (C=O) groups is 1. The molecule has 1 aliphatic rings. The van der Waals surface area contributed by atoms with Gasteiger partial charge in [-0.2, -0.15) is 0 Å². The molecule has 1 rings (SSSR count). The Morgan fingerprint density at radius 1 is 1.00 bits per heavy atom. The molecular weight excluding hydrogens is 264 g/mol. The standard InChI is InChI=1S/C18H30O3/c1-2-3-10-13-16-17(21-16)14-11-8-6-4-5-7-9-12-15-18(19)20/h7-9,11,16-17H,2-6,10,12-15H2,1H3,(H,19,20)/b9-7+,11-8+. The number of rotatable bonds is 13. The van der Waals surface area contributed by atoms with Gasteiger partial charge in [0.05, 0.1) is 12.2 Å². The molecule has 0 aliphatic carbocycles. The Labute approximate surface area is 129 Å². The van der Waals surface area contributed by atoms with Gasteiger partial charge in [-0.1, -0.05) is 50.5 Å². The zero-order valence-corrected chi connectivity index (χ0v) is 13.3. The second kappa shape index (κ2) is 11.6. The van der Waals surface area contributed by atoms with E-state index in [2.05, 4.69) is 25.2 Å². The van der Waals surface area contributed by atoms with Crippen molar-refractivity contribution >= 4 is 5.97 Å². The van der Waals surface area contributed by atoms with Crippen LogP contribution in [0, 0.1) is 0 Å². The van der Waals surface area contributed by atoms with Crippen LogP contribution in [0.3, 0.4) is 0 Å². The third-order valence-corrected chi connectivity index (χ3v) is 3.75. The highest BCUT2D eigenvalue weighted by atomic mass is 16.6. The Hall–Kier alpha value is -1.09. The lowest BCUT2D eigenvalue weighted by atomic mass is 10.1. The highest BCUT2D eigenvalue weighted by Crippen LogP contribution is 2.30. The smallest absolute Gasteiger partial charge is 0.303 e. The summed E-state index contributed by atoms with van der Waals surface area (Å²) >= 11 is 0. The maximum Gasteiger partial charge on any atom is 0.303 e. The quantitative estimate of drug-likeness (QED) is 0.299. The molecule has 21 heavy (non-hydrogen) atoms. The monoisotopic (exact) mass is 294 g/mol. The van der Waals surface area contributed by atoms with Crippen LogP contribution >= 0.6 is 0 Å². The van der Waals surface area contributed by atoms with Crippen molar-refractivity contribution < 1.29 is 14.6 Å². The number of ether oxygens (including phenoxy) is 1. The van der Waals surface area contributed by atoms with E-state index in [1.807, 2.05) is 6.08 Å². The number of aliphatic carboxylic acids is 1. The van der Waals surface area contributed by atoms with Crippen LogP contribution in [0.25, 0.3) is 0 Å². The third kappa shape index (κ3) is 10.3. The van der Waals surface area contributed by atoms with Gasteiger partial charge in [0.15, 0.2) is 0 Å². The molecule has 0 spiro atoms. The number of unbranched alkanes of at least 4 members (excludes halogenated alkanes) is 4. The normalized spacial score (nSPS) is 21.4. The molecule has 1 saturated heterocycles. The molecular formula is C18H30O3. The van der Waals surface area contributed by atoms with Crippen molar-refractivity contribution in [1.29, 1.82) is 0 Å². The molecule has 0 aromatic rings. The average molecular weight is 294 g/mol. The first-order chi connectivity index (χ1) is 10.2. The molecule has 1 heterocycles. The molecule has 0 saturated carbocycles. The van der Waals surface area contributed by atoms with Gasteiger partial charge in [0.2, 0.25) is 0 Å². The third-order valence-electron chi connectivity index (χ3n) is 3.75. The van der Waals surface area contributed by atoms with Crippen molar-refractivity contribution in [1.82, 2.24) is 0 Å². The Morgan fingerprint density at radius 3 is 2.43 bits per heavy atom. The molecule has 1 fully saturated rings. The number of carboxylic acid groups (broad SMARTS) is 1. The topological polar surface area (TPSA) is 49.8 Å². The first kappa shape index (κ1) is 18.0. The van der Waals surface area contributed by atoms with Crippen LogP contribution in [-0.4, -0.2) is 23.3 Å². The second-order valence-electron chi connectivity index (χ2n) is 5.75. The summed E-state index contributed by atoms with van der Waals surface area (Å²) < 4.78 is 5.64. The lowest BCUT2D eigenvalue weighted by Crippen LogP contribution is -1.92. The van der Waals surface area contributed by atoms with E-state index in [1.54, 1.807) is 0 Å². The van der Waals surface area contributed by atoms with Crippen molar-refractivity contribution in [2.75, 3.05) is 0 Å². The van der Waals surface area contributed by atoms with E-state index in [0.29, 0.717) is 18.6 Å². The van der Waals surface area contributed by atoms with Gasteiger partial charge in [-0.3, -0.25) is 4.79 Å². The van der Waals surface area contributed by atoms with Crippen LogP contribution in [0.1, 0.15) is 71.1 Å². The summed E-state index contributed by atoms with van der Waals surface area (Å²) in [4.78, 5) is 10.3. The zero-order valence-electron chi connectivity index (χ0n) is 13.3. The van der Waals surface area contributed by atoms with E-state index >= 15 is 0 Å². The molecule has 0 radical (unpaired) electrons. The summed E-state index contributed by atoms with van der Waals surface area (Å²) in [7, 11) is 0. The van der Waals surface area contributed by atoms with Crippen molar-refractivity contribution in [3.63, 3.8) is 0 Å². The molecule has 3 nitrogen and oxygen atoms in total. The van der Waals surface area contributed by atoms with Crippen LogP contribution in [-0.2, 0) is 9.53 Å². The molecule has 1 aliphatic heterocycles. The minimum Gasteiger partial charge on any atom is -0.481 e. The Morgan fingerprint density at radius 2 is 1.71 bits per heavy atom. The van der Waals surface area contributed by atoms with E-state index in [4.69, 9.17) is 9.84 Å². The molecule has 2 atom stereocenters. The maximum atomic E-state index is 10.3. The lowest BCUT2D eigenvalue weighted by Gasteiger charge is -1.93. The first-order valence-corrected chi connectivity index (χ1v) is 8.41. The zero-order chi connectivity index (χ0) is 15.3. The SMILES string of the molecule is CCCCCC1OC1C/C=C/CCC/C=C/CCC(=O)O. The number of epoxide rings is 1. The van der Waals surface area contributed by atoms with Gasteiger partial charge in [0.1, 0.15) is 0 Å². The molecule has 0 aromatic heterocycles. The molecule has 0 bridgehead atoms. The number of hydrogen-bond donors (Lipinski definition) is 1. The fraction of sp³-hybridized carbons (Fsp3) is 0.722. The molecule has 2 unspecified atom stereocenters. The number of carboxylic acids is 1. The lowest BCUT2D eigenvalue weighted by molar-refractivity contribution is -0.136. The van der Waals surface area contributed by atoms with Crippen molar-refractivity contribution in [3.05, 3.63) is 24.3 Å².